The molecule has 0 amide bonds. The highest BCUT2D eigenvalue weighted by molar-refractivity contribution is 5.44. The number of nitriles is 1. The molecule has 0 aliphatic carbocycles. The highest BCUT2D eigenvalue weighted by Gasteiger charge is 2.34. The quantitative estimate of drug-likeness (QED) is 0.905. The van der Waals surface area contributed by atoms with Crippen LogP contribution in [0.25, 0.3) is 0 Å². The molecule has 1 aliphatic heterocycles. The Morgan fingerprint density at radius 3 is 2.56 bits per heavy atom. The summed E-state index contributed by atoms with van der Waals surface area (Å²) in [7, 11) is 1.68. The molecule has 1 saturated heterocycles. The van der Waals surface area contributed by atoms with Crippen molar-refractivity contribution in [2.45, 2.75) is 25.2 Å². The van der Waals surface area contributed by atoms with Crippen LogP contribution in [0.15, 0.2) is 36.4 Å². The lowest BCUT2D eigenvalue weighted by Gasteiger charge is -2.38. The van der Waals surface area contributed by atoms with Crippen LogP contribution in [0.2, 0.25) is 0 Å². The molecule has 1 aromatic carbocycles. The highest BCUT2D eigenvalue weighted by Crippen LogP contribution is 2.36. The Bertz CT molecular complexity index is 760. The smallest absolute Gasteiger partial charge is 0.145 e. The van der Waals surface area contributed by atoms with Gasteiger partial charge in [-0.2, -0.15) is 5.26 Å². The molecule has 0 unspecified atom stereocenters. The lowest BCUT2D eigenvalue weighted by Crippen LogP contribution is -2.40. The molecule has 0 saturated carbocycles. The van der Waals surface area contributed by atoms with Crippen molar-refractivity contribution in [3.63, 3.8) is 0 Å². The van der Waals surface area contributed by atoms with E-state index in [0.717, 1.165) is 49.7 Å². The van der Waals surface area contributed by atoms with Gasteiger partial charge >= 0.3 is 0 Å². The fraction of sp³-hybridized carbons (Fsp3) is 0.400. The van der Waals surface area contributed by atoms with E-state index >= 15 is 0 Å². The van der Waals surface area contributed by atoms with Crippen molar-refractivity contribution >= 4 is 5.82 Å². The molecule has 130 valence electrons. The summed E-state index contributed by atoms with van der Waals surface area (Å²) in [6.45, 7) is 4.15. The number of nitrogens with one attached hydrogen (secondary N) is 1. The maximum atomic E-state index is 9.17. The number of hydrogen-bond acceptors (Lipinski definition) is 5. The van der Waals surface area contributed by atoms with Gasteiger partial charge in [0.05, 0.1) is 7.11 Å². The van der Waals surface area contributed by atoms with Gasteiger partial charge in [-0.1, -0.05) is 18.2 Å². The number of ether oxygens (including phenoxy) is 2. The minimum absolute atomic E-state index is 0.0100. The third-order valence-corrected chi connectivity index (χ3v) is 4.96. The summed E-state index contributed by atoms with van der Waals surface area (Å²) < 4.78 is 10.9. The average Bonchev–Trinajstić information content (AvgIpc) is 2.68. The van der Waals surface area contributed by atoms with Gasteiger partial charge in [0.15, 0.2) is 0 Å². The molecule has 1 N–H and O–H groups in total. The van der Waals surface area contributed by atoms with Gasteiger partial charge in [-0.05, 0) is 49.1 Å². The largest absolute Gasteiger partial charge is 0.497 e. The first-order valence-corrected chi connectivity index (χ1v) is 8.51. The summed E-state index contributed by atoms with van der Waals surface area (Å²) in [5.74, 6) is 1.60. The fourth-order valence-electron chi connectivity index (χ4n) is 3.27. The molecule has 1 fully saturated rings. The standard InChI is InChI=1S/C20H23N3O2/c1-15-3-8-19(23-18(15)13-21)22-14-20(9-11-25-12-10-20)16-4-6-17(24-2)7-5-16/h3-8H,9-12,14H2,1-2H3,(H,22,23). The first kappa shape index (κ1) is 17.2. The summed E-state index contributed by atoms with van der Waals surface area (Å²) in [5, 5.41) is 12.6. The van der Waals surface area contributed by atoms with Crippen molar-refractivity contribution in [3.05, 3.63) is 53.2 Å². The third kappa shape index (κ3) is 3.75. The van der Waals surface area contributed by atoms with Crippen LogP contribution in [0.3, 0.4) is 0 Å². The van der Waals surface area contributed by atoms with Gasteiger partial charge in [-0.15, -0.1) is 0 Å². The zero-order valence-electron chi connectivity index (χ0n) is 14.7. The van der Waals surface area contributed by atoms with E-state index < -0.39 is 0 Å². The van der Waals surface area contributed by atoms with E-state index in [1.54, 1.807) is 7.11 Å². The van der Waals surface area contributed by atoms with Crippen molar-refractivity contribution < 1.29 is 9.47 Å². The molecule has 1 aromatic heterocycles. The minimum atomic E-state index is -0.0100. The monoisotopic (exact) mass is 337 g/mol. The van der Waals surface area contributed by atoms with Crippen LogP contribution in [-0.4, -0.2) is 31.9 Å². The van der Waals surface area contributed by atoms with E-state index in [9.17, 15) is 0 Å². The van der Waals surface area contributed by atoms with Crippen LogP contribution >= 0.6 is 0 Å². The van der Waals surface area contributed by atoms with E-state index in [1.165, 1.54) is 5.56 Å². The van der Waals surface area contributed by atoms with Crippen molar-refractivity contribution in [2.24, 2.45) is 0 Å². The maximum Gasteiger partial charge on any atom is 0.145 e. The Kier molecular flexibility index (Phi) is 5.20. The lowest BCUT2D eigenvalue weighted by atomic mass is 9.74. The molecule has 5 nitrogen and oxygen atoms in total. The van der Waals surface area contributed by atoms with Crippen molar-refractivity contribution in [1.82, 2.24) is 4.98 Å². The van der Waals surface area contributed by atoms with Gasteiger partial charge in [0.1, 0.15) is 23.3 Å². The van der Waals surface area contributed by atoms with Gasteiger partial charge in [0.2, 0.25) is 0 Å². The third-order valence-electron chi connectivity index (χ3n) is 4.96. The summed E-state index contributed by atoms with van der Waals surface area (Å²) >= 11 is 0. The van der Waals surface area contributed by atoms with Crippen LogP contribution in [0.1, 0.15) is 29.7 Å². The number of methoxy groups -OCH3 is 1. The predicted octanol–water partition coefficient (Wildman–Crippen LogP) is 3.43. The summed E-state index contributed by atoms with van der Waals surface area (Å²) in [5.41, 5.74) is 2.63. The molecule has 1 aliphatic rings. The van der Waals surface area contributed by atoms with Crippen molar-refractivity contribution in [3.8, 4) is 11.8 Å². The summed E-state index contributed by atoms with van der Waals surface area (Å²) in [4.78, 5) is 4.40. The second kappa shape index (κ2) is 7.54. The number of benzene rings is 1. The van der Waals surface area contributed by atoms with Gasteiger partial charge in [-0.25, -0.2) is 4.98 Å². The number of hydrogen-bond donors (Lipinski definition) is 1. The zero-order valence-corrected chi connectivity index (χ0v) is 14.7. The lowest BCUT2D eigenvalue weighted by molar-refractivity contribution is 0.0543. The molecule has 0 spiro atoms. The molecule has 0 radical (unpaired) electrons. The molecule has 0 atom stereocenters. The van der Waals surface area contributed by atoms with Crippen LogP contribution in [0.4, 0.5) is 5.82 Å². The number of pyridine rings is 1. The molecule has 25 heavy (non-hydrogen) atoms. The normalized spacial score (nSPS) is 16.0. The Balaban J connectivity index is 1.82. The van der Waals surface area contributed by atoms with Gasteiger partial charge in [0.25, 0.3) is 0 Å². The predicted molar refractivity (Wildman–Crippen MR) is 96.9 cm³/mol. The molecular weight excluding hydrogens is 314 g/mol. The number of aromatic nitrogens is 1. The fourth-order valence-corrected chi connectivity index (χ4v) is 3.27. The summed E-state index contributed by atoms with van der Waals surface area (Å²) in [6, 6.07) is 14.3. The molecular formula is C20H23N3O2. The van der Waals surface area contributed by atoms with Crippen LogP contribution in [-0.2, 0) is 10.2 Å². The van der Waals surface area contributed by atoms with E-state index in [2.05, 4.69) is 28.5 Å². The molecule has 2 heterocycles. The molecule has 2 aromatic rings. The molecule has 0 bridgehead atoms. The van der Waals surface area contributed by atoms with Crippen molar-refractivity contribution in [2.75, 3.05) is 32.2 Å². The topological polar surface area (TPSA) is 67.2 Å². The van der Waals surface area contributed by atoms with Gasteiger partial charge in [0, 0.05) is 25.2 Å². The number of aryl methyl sites for hydroxylation is 1. The molecule has 3 rings (SSSR count). The van der Waals surface area contributed by atoms with E-state index in [4.69, 9.17) is 14.7 Å². The first-order valence-electron chi connectivity index (χ1n) is 8.51. The van der Waals surface area contributed by atoms with Crippen molar-refractivity contribution in [1.29, 1.82) is 5.26 Å². The average molecular weight is 337 g/mol. The van der Waals surface area contributed by atoms with Gasteiger partial charge < -0.3 is 14.8 Å². The highest BCUT2D eigenvalue weighted by atomic mass is 16.5. The molecule has 5 heteroatoms. The Morgan fingerprint density at radius 1 is 1.20 bits per heavy atom. The van der Waals surface area contributed by atoms with Crippen LogP contribution in [0.5, 0.6) is 5.75 Å². The first-order chi connectivity index (χ1) is 12.2. The van der Waals surface area contributed by atoms with E-state index in [-0.39, 0.29) is 5.41 Å². The van der Waals surface area contributed by atoms with Crippen LogP contribution in [0, 0.1) is 18.3 Å². The second-order valence-corrected chi connectivity index (χ2v) is 6.45. The van der Waals surface area contributed by atoms with Gasteiger partial charge in [-0.3, -0.25) is 0 Å². The number of anilines is 1. The zero-order chi connectivity index (χ0) is 17.7. The second-order valence-electron chi connectivity index (χ2n) is 6.45. The van der Waals surface area contributed by atoms with E-state index in [0.29, 0.717) is 5.69 Å². The number of nitrogens with zero attached hydrogens (tertiary/aromatic N) is 2. The Hall–Kier alpha value is -2.58. The number of rotatable bonds is 5. The SMILES string of the molecule is COc1ccc(C2(CNc3ccc(C)c(C#N)n3)CCOCC2)cc1. The minimum Gasteiger partial charge on any atom is -0.497 e. The van der Waals surface area contributed by atoms with Crippen LogP contribution < -0.4 is 10.1 Å². The summed E-state index contributed by atoms with van der Waals surface area (Å²) in [6.07, 6.45) is 1.90. The Morgan fingerprint density at radius 2 is 1.92 bits per heavy atom. The van der Waals surface area contributed by atoms with E-state index in [1.807, 2.05) is 31.2 Å². The maximum absolute atomic E-state index is 9.17. The Labute approximate surface area is 148 Å².